The van der Waals surface area contributed by atoms with E-state index in [1.165, 1.54) is 17.7 Å². The molecule has 1 N–H and O–H groups in total. The molecule has 5 heteroatoms. The summed E-state index contributed by atoms with van der Waals surface area (Å²) < 4.78 is 6.31. The maximum absolute atomic E-state index is 12.1. The van der Waals surface area contributed by atoms with Gasteiger partial charge in [-0.1, -0.05) is 0 Å². The minimum Gasteiger partial charge on any atom is -0.497 e. The second kappa shape index (κ2) is 4.52. The third-order valence-corrected chi connectivity index (χ3v) is 2.85. The molecule has 0 atom stereocenters. The number of pyridine rings is 1. The van der Waals surface area contributed by atoms with Crippen LogP contribution in [0, 0.1) is 0 Å². The second-order valence-electron chi connectivity index (χ2n) is 3.84. The number of aromatic nitrogens is 1. The lowest BCUT2D eigenvalue weighted by atomic mass is 10.1. The second-order valence-corrected chi connectivity index (χ2v) is 3.84. The van der Waals surface area contributed by atoms with Crippen molar-refractivity contribution < 1.29 is 14.6 Å². The largest absolute Gasteiger partial charge is 0.497 e. The Morgan fingerprint density at radius 1 is 1.39 bits per heavy atom. The van der Waals surface area contributed by atoms with E-state index in [1.807, 2.05) is 0 Å². The van der Waals surface area contributed by atoms with Crippen molar-refractivity contribution in [3.63, 3.8) is 0 Å². The van der Waals surface area contributed by atoms with Gasteiger partial charge in [-0.15, -0.1) is 0 Å². The number of hydrogen-bond donors (Lipinski definition) is 1. The maximum atomic E-state index is 12.1. The van der Waals surface area contributed by atoms with E-state index >= 15 is 0 Å². The molecule has 18 heavy (non-hydrogen) atoms. The van der Waals surface area contributed by atoms with Crippen LogP contribution in [0.2, 0.25) is 0 Å². The lowest BCUT2D eigenvalue weighted by Gasteiger charge is -2.10. The molecule has 0 unspecified atom stereocenters. The highest BCUT2D eigenvalue weighted by Gasteiger charge is 2.13. The van der Waals surface area contributed by atoms with Gasteiger partial charge in [0, 0.05) is 11.9 Å². The van der Waals surface area contributed by atoms with Gasteiger partial charge in [0.1, 0.15) is 11.4 Å². The van der Waals surface area contributed by atoms with Crippen LogP contribution in [0.5, 0.6) is 5.75 Å². The summed E-state index contributed by atoms with van der Waals surface area (Å²) in [5.41, 5.74) is -0.307. The molecule has 0 aliphatic carbocycles. The minimum absolute atomic E-state index is 0.0109. The van der Waals surface area contributed by atoms with E-state index < -0.39 is 5.97 Å². The number of methoxy groups -OCH3 is 1. The highest BCUT2D eigenvalue weighted by atomic mass is 16.5. The fourth-order valence-corrected chi connectivity index (χ4v) is 1.95. The summed E-state index contributed by atoms with van der Waals surface area (Å²) in [5, 5.41) is 10.2. The third-order valence-electron chi connectivity index (χ3n) is 2.85. The summed E-state index contributed by atoms with van der Waals surface area (Å²) in [6, 6.07) is 6.48. The molecule has 0 saturated carbocycles. The number of carboxylic acids is 1. The number of benzene rings is 1. The van der Waals surface area contributed by atoms with E-state index in [-0.39, 0.29) is 11.3 Å². The van der Waals surface area contributed by atoms with Crippen molar-refractivity contribution >= 4 is 16.7 Å². The van der Waals surface area contributed by atoms with Crippen LogP contribution in [0.4, 0.5) is 0 Å². The van der Waals surface area contributed by atoms with Gasteiger partial charge < -0.3 is 14.4 Å². The summed E-state index contributed by atoms with van der Waals surface area (Å²) in [6.45, 7) is 2.06. The maximum Gasteiger partial charge on any atom is 0.352 e. The van der Waals surface area contributed by atoms with E-state index in [0.29, 0.717) is 23.1 Å². The molecule has 0 saturated heterocycles. The molecule has 1 aromatic heterocycles. The van der Waals surface area contributed by atoms with Crippen LogP contribution >= 0.6 is 0 Å². The van der Waals surface area contributed by atoms with Gasteiger partial charge in [-0.05, 0) is 36.6 Å². The molecule has 2 rings (SSSR count). The molecule has 0 fully saturated rings. The summed E-state index contributed by atoms with van der Waals surface area (Å²) in [7, 11) is 1.52. The normalized spacial score (nSPS) is 10.6. The van der Waals surface area contributed by atoms with Gasteiger partial charge in [0.15, 0.2) is 0 Å². The Morgan fingerprint density at radius 3 is 2.67 bits per heavy atom. The van der Waals surface area contributed by atoms with Crippen LogP contribution in [0.1, 0.15) is 17.4 Å². The van der Waals surface area contributed by atoms with Crippen molar-refractivity contribution in [2.75, 3.05) is 7.11 Å². The minimum atomic E-state index is -1.11. The van der Waals surface area contributed by atoms with Crippen LogP contribution in [-0.2, 0) is 6.54 Å². The van der Waals surface area contributed by atoms with Gasteiger partial charge in [-0.3, -0.25) is 4.79 Å². The van der Waals surface area contributed by atoms with Crippen LogP contribution in [0.25, 0.3) is 10.8 Å². The van der Waals surface area contributed by atoms with Gasteiger partial charge in [0.25, 0.3) is 5.56 Å². The molecule has 0 bridgehead atoms. The van der Waals surface area contributed by atoms with Gasteiger partial charge >= 0.3 is 5.97 Å². The molecule has 0 amide bonds. The molecule has 0 aliphatic heterocycles. The molecular weight excluding hydrogens is 234 g/mol. The monoisotopic (exact) mass is 247 g/mol. The number of ether oxygens (including phenoxy) is 1. The predicted octanol–water partition coefficient (Wildman–Crippen LogP) is 1.73. The van der Waals surface area contributed by atoms with E-state index in [9.17, 15) is 9.59 Å². The zero-order chi connectivity index (χ0) is 13.3. The number of fused-ring (bicyclic) bond motifs is 1. The van der Waals surface area contributed by atoms with Gasteiger partial charge in [0.2, 0.25) is 0 Å². The van der Waals surface area contributed by atoms with Crippen LogP contribution in [0.3, 0.4) is 0 Å². The van der Waals surface area contributed by atoms with Crippen molar-refractivity contribution in [3.05, 3.63) is 40.3 Å². The topological polar surface area (TPSA) is 68.5 Å². The van der Waals surface area contributed by atoms with Crippen LogP contribution < -0.4 is 10.3 Å². The lowest BCUT2D eigenvalue weighted by molar-refractivity contribution is 0.0684. The van der Waals surface area contributed by atoms with E-state index in [0.717, 1.165) is 0 Å². The molecule has 1 heterocycles. The SMILES string of the molecule is CCn1c(C(=O)O)cc2cc(OC)ccc2c1=O. The van der Waals surface area contributed by atoms with Crippen molar-refractivity contribution in [1.29, 1.82) is 0 Å². The Labute approximate surface area is 103 Å². The molecule has 0 radical (unpaired) electrons. The Morgan fingerprint density at radius 2 is 2.11 bits per heavy atom. The average Bonchev–Trinajstić information content (AvgIpc) is 2.37. The zero-order valence-corrected chi connectivity index (χ0v) is 10.1. The predicted molar refractivity (Wildman–Crippen MR) is 67.4 cm³/mol. The van der Waals surface area contributed by atoms with E-state index in [2.05, 4.69) is 0 Å². The summed E-state index contributed by atoms with van der Waals surface area (Å²) in [4.78, 5) is 23.3. The Kier molecular flexibility index (Phi) is 3.06. The lowest BCUT2D eigenvalue weighted by Crippen LogP contribution is -2.25. The van der Waals surface area contributed by atoms with Crippen molar-refractivity contribution in [2.24, 2.45) is 0 Å². The summed E-state index contributed by atoms with van der Waals surface area (Å²) in [6.07, 6.45) is 0. The molecule has 94 valence electrons. The van der Waals surface area contributed by atoms with Gasteiger partial charge in [-0.25, -0.2) is 4.79 Å². The highest BCUT2D eigenvalue weighted by Crippen LogP contribution is 2.19. The van der Waals surface area contributed by atoms with Gasteiger partial charge in [-0.2, -0.15) is 0 Å². The standard InChI is InChI=1S/C13H13NO4/c1-3-14-11(13(16)17)7-8-6-9(18-2)4-5-10(8)12(14)15/h4-7H,3H2,1-2H3,(H,16,17). The van der Waals surface area contributed by atoms with Gasteiger partial charge in [0.05, 0.1) is 7.11 Å². The van der Waals surface area contributed by atoms with Crippen LogP contribution in [-0.4, -0.2) is 22.8 Å². The number of aromatic carboxylic acids is 1. The van der Waals surface area contributed by atoms with Crippen molar-refractivity contribution in [1.82, 2.24) is 4.57 Å². The van der Waals surface area contributed by atoms with Crippen LogP contribution in [0.15, 0.2) is 29.1 Å². The fourth-order valence-electron chi connectivity index (χ4n) is 1.95. The molecule has 0 spiro atoms. The number of carbonyl (C=O) groups is 1. The smallest absolute Gasteiger partial charge is 0.352 e. The van der Waals surface area contributed by atoms with E-state index in [4.69, 9.17) is 9.84 Å². The number of carboxylic acid groups (broad SMARTS) is 1. The highest BCUT2D eigenvalue weighted by molar-refractivity contribution is 5.92. The van der Waals surface area contributed by atoms with Crippen molar-refractivity contribution in [3.8, 4) is 5.75 Å². The average molecular weight is 247 g/mol. The molecule has 2 aromatic rings. The first-order valence-electron chi connectivity index (χ1n) is 5.53. The Balaban J connectivity index is 2.86. The number of nitrogens with zero attached hydrogens (tertiary/aromatic N) is 1. The Hall–Kier alpha value is -2.30. The third kappa shape index (κ3) is 1.84. The summed E-state index contributed by atoms with van der Waals surface area (Å²) >= 11 is 0. The summed E-state index contributed by atoms with van der Waals surface area (Å²) in [5.74, 6) is -0.522. The zero-order valence-electron chi connectivity index (χ0n) is 10.1. The first-order chi connectivity index (χ1) is 8.58. The van der Waals surface area contributed by atoms with Crippen molar-refractivity contribution in [2.45, 2.75) is 13.5 Å². The Bertz CT molecular complexity index is 672. The molecule has 0 aliphatic rings. The quantitative estimate of drug-likeness (QED) is 0.896. The molecular formula is C13H13NO4. The fraction of sp³-hybridized carbons (Fsp3) is 0.231. The van der Waals surface area contributed by atoms with E-state index in [1.54, 1.807) is 25.1 Å². The number of rotatable bonds is 3. The number of hydrogen-bond acceptors (Lipinski definition) is 3. The molecule has 1 aromatic carbocycles. The first-order valence-corrected chi connectivity index (χ1v) is 5.53. The first kappa shape index (κ1) is 12.2. The molecule has 5 nitrogen and oxygen atoms in total.